The van der Waals surface area contributed by atoms with Crippen LogP contribution in [0.4, 0.5) is 52.7 Å². The molecule has 0 radical (unpaired) electrons. The molecule has 0 saturated carbocycles. The standard InChI is InChI=1S/C21H3F12O3P/c22-7-4(1-34)8(23)14(29)19(13(7)28)37(20-15(30)9(24)5(2-35)10(25)16(20)31)21-17(32)11(26)6(3-36)12(27)18(21)33/h1-3H. The first-order chi connectivity index (χ1) is 17.3. The zero-order valence-electron chi connectivity index (χ0n) is 16.9. The van der Waals surface area contributed by atoms with Crippen LogP contribution < -0.4 is 15.9 Å². The molecule has 16 heteroatoms. The molecule has 3 nitrogen and oxygen atoms in total. The second-order valence-electron chi connectivity index (χ2n) is 6.74. The molecule has 37 heavy (non-hydrogen) atoms. The van der Waals surface area contributed by atoms with Gasteiger partial charge in [-0.25, -0.2) is 52.7 Å². The summed E-state index contributed by atoms with van der Waals surface area (Å²) in [7, 11) is -4.76. The van der Waals surface area contributed by atoms with Gasteiger partial charge in [0.1, 0.15) is 0 Å². The van der Waals surface area contributed by atoms with Gasteiger partial charge in [-0.15, -0.1) is 0 Å². The summed E-state index contributed by atoms with van der Waals surface area (Å²) in [6.07, 6.45) is -2.37. The molecule has 0 heterocycles. The molecule has 194 valence electrons. The summed E-state index contributed by atoms with van der Waals surface area (Å²) in [6.45, 7) is 0. The highest BCUT2D eigenvalue weighted by Crippen LogP contribution is 2.42. The van der Waals surface area contributed by atoms with Gasteiger partial charge in [-0.3, -0.25) is 14.4 Å². The Labute approximate surface area is 197 Å². The van der Waals surface area contributed by atoms with E-state index in [-0.39, 0.29) is 0 Å². The van der Waals surface area contributed by atoms with E-state index in [4.69, 9.17) is 0 Å². The molecule has 0 saturated heterocycles. The van der Waals surface area contributed by atoms with Gasteiger partial charge in [0.25, 0.3) is 0 Å². The number of hydrogen-bond donors (Lipinski definition) is 0. The molecule has 3 rings (SSSR count). The van der Waals surface area contributed by atoms with Gasteiger partial charge >= 0.3 is 0 Å². The Kier molecular flexibility index (Phi) is 7.49. The van der Waals surface area contributed by atoms with Crippen LogP contribution in [-0.2, 0) is 0 Å². The second kappa shape index (κ2) is 9.96. The van der Waals surface area contributed by atoms with Crippen LogP contribution in [0.25, 0.3) is 0 Å². The largest absolute Gasteiger partial charge is 0.298 e. The number of halogens is 12. The third kappa shape index (κ3) is 3.97. The SMILES string of the molecule is O=Cc1c(F)c(F)c(P(c2c(F)c(F)c(C=O)c(F)c2F)c2c(F)c(F)c(C=O)c(F)c2F)c(F)c1F. The van der Waals surface area contributed by atoms with Crippen molar-refractivity contribution < 1.29 is 67.1 Å². The highest BCUT2D eigenvalue weighted by atomic mass is 31.1. The molecular weight excluding hydrogens is 559 g/mol. The Morgan fingerprint density at radius 3 is 0.622 bits per heavy atom. The number of aldehydes is 3. The van der Waals surface area contributed by atoms with Crippen LogP contribution in [0, 0.1) is 69.8 Å². The predicted octanol–water partition coefficient (Wildman–Crippen LogP) is 4.55. The quantitative estimate of drug-likeness (QED) is 0.192. The number of hydrogen-bond acceptors (Lipinski definition) is 3. The maximum Gasteiger partial charge on any atom is 0.173 e. The van der Waals surface area contributed by atoms with Crippen LogP contribution in [0.1, 0.15) is 31.1 Å². The van der Waals surface area contributed by atoms with Crippen LogP contribution in [-0.4, -0.2) is 18.9 Å². The molecule has 0 unspecified atom stereocenters. The summed E-state index contributed by atoms with van der Waals surface area (Å²) < 4.78 is 175. The molecule has 3 aromatic carbocycles. The van der Waals surface area contributed by atoms with Crippen molar-refractivity contribution in [1.29, 1.82) is 0 Å². The van der Waals surface area contributed by atoms with E-state index in [0.29, 0.717) is 0 Å². The predicted molar refractivity (Wildman–Crippen MR) is 101 cm³/mol. The minimum atomic E-state index is -4.76. The first-order valence-electron chi connectivity index (χ1n) is 9.01. The first-order valence-corrected chi connectivity index (χ1v) is 10.4. The highest BCUT2D eigenvalue weighted by molar-refractivity contribution is 7.79. The topological polar surface area (TPSA) is 51.2 Å². The van der Waals surface area contributed by atoms with E-state index in [1.807, 2.05) is 0 Å². The lowest BCUT2D eigenvalue weighted by atomic mass is 10.2. The molecule has 0 aliphatic carbocycles. The third-order valence-corrected chi connectivity index (χ3v) is 7.37. The van der Waals surface area contributed by atoms with Crippen molar-refractivity contribution in [1.82, 2.24) is 0 Å². The van der Waals surface area contributed by atoms with Gasteiger partial charge in [0.05, 0.1) is 32.6 Å². The fourth-order valence-corrected chi connectivity index (χ4v) is 5.58. The van der Waals surface area contributed by atoms with Crippen LogP contribution in [0.3, 0.4) is 0 Å². The summed E-state index contributed by atoms with van der Waals surface area (Å²) in [5.74, 6) is -32.6. The van der Waals surface area contributed by atoms with Crippen LogP contribution in [0.15, 0.2) is 0 Å². The van der Waals surface area contributed by atoms with Gasteiger partial charge in [0.15, 0.2) is 88.7 Å². The maximum atomic E-state index is 14.8. The average molecular weight is 562 g/mol. The molecule has 0 spiro atoms. The fraction of sp³-hybridized carbons (Fsp3) is 0. The molecule has 0 aromatic heterocycles. The summed E-state index contributed by atoms with van der Waals surface area (Å²) in [4.78, 5) is 32.4. The average Bonchev–Trinajstić information content (AvgIpc) is 2.86. The zero-order chi connectivity index (χ0) is 28.1. The number of rotatable bonds is 6. The molecule has 0 aliphatic rings. The molecular formula is C21H3F12O3P. The summed E-state index contributed by atoms with van der Waals surface area (Å²) in [5.41, 5.74) is -5.96. The minimum Gasteiger partial charge on any atom is -0.298 e. The van der Waals surface area contributed by atoms with Gasteiger partial charge in [0, 0.05) is 7.92 Å². The van der Waals surface area contributed by atoms with Crippen molar-refractivity contribution in [2.75, 3.05) is 0 Å². The Balaban J connectivity index is 2.71. The van der Waals surface area contributed by atoms with Crippen molar-refractivity contribution in [3.63, 3.8) is 0 Å². The van der Waals surface area contributed by atoms with E-state index in [1.54, 1.807) is 0 Å². The third-order valence-electron chi connectivity index (χ3n) is 4.85. The minimum absolute atomic E-state index is 0.790. The lowest BCUT2D eigenvalue weighted by molar-refractivity contribution is 0.110. The van der Waals surface area contributed by atoms with E-state index in [2.05, 4.69) is 0 Å². The van der Waals surface area contributed by atoms with E-state index in [0.717, 1.165) is 0 Å². The zero-order valence-corrected chi connectivity index (χ0v) is 17.8. The molecule has 0 fully saturated rings. The first kappa shape index (κ1) is 27.8. The van der Waals surface area contributed by atoms with Crippen LogP contribution in [0.5, 0.6) is 0 Å². The van der Waals surface area contributed by atoms with Crippen molar-refractivity contribution in [2.45, 2.75) is 0 Å². The van der Waals surface area contributed by atoms with Crippen molar-refractivity contribution in [3.05, 3.63) is 86.5 Å². The molecule has 0 amide bonds. The van der Waals surface area contributed by atoms with Crippen LogP contribution >= 0.6 is 7.92 Å². The molecule has 0 bridgehead atoms. The van der Waals surface area contributed by atoms with E-state index in [1.165, 1.54) is 0 Å². The van der Waals surface area contributed by atoms with Gasteiger partial charge in [-0.05, 0) is 0 Å². The van der Waals surface area contributed by atoms with Gasteiger partial charge in [-0.2, -0.15) is 0 Å². The molecule has 3 aromatic rings. The Morgan fingerprint density at radius 1 is 0.324 bits per heavy atom. The smallest absolute Gasteiger partial charge is 0.173 e. The summed E-state index contributed by atoms with van der Waals surface area (Å²) in [5, 5.41) is -7.33. The van der Waals surface area contributed by atoms with Crippen molar-refractivity contribution in [3.8, 4) is 0 Å². The normalized spacial score (nSPS) is 11.3. The fourth-order valence-electron chi connectivity index (χ4n) is 3.15. The summed E-state index contributed by atoms with van der Waals surface area (Å²) in [6, 6.07) is 0. The van der Waals surface area contributed by atoms with Crippen molar-refractivity contribution >= 4 is 42.7 Å². The molecule has 0 N–H and O–H groups in total. The van der Waals surface area contributed by atoms with Crippen LogP contribution in [0.2, 0.25) is 0 Å². The van der Waals surface area contributed by atoms with Gasteiger partial charge in [-0.1, -0.05) is 0 Å². The lowest BCUT2D eigenvalue weighted by Crippen LogP contribution is -2.36. The Morgan fingerprint density at radius 2 is 0.486 bits per heavy atom. The highest BCUT2D eigenvalue weighted by Gasteiger charge is 2.42. The maximum absolute atomic E-state index is 14.8. The monoisotopic (exact) mass is 562 g/mol. The Bertz CT molecular complexity index is 1260. The van der Waals surface area contributed by atoms with E-state index < -0.39 is 129 Å². The van der Waals surface area contributed by atoms with Gasteiger partial charge in [0.2, 0.25) is 0 Å². The van der Waals surface area contributed by atoms with Crippen molar-refractivity contribution in [2.24, 2.45) is 0 Å². The van der Waals surface area contributed by atoms with E-state index in [9.17, 15) is 67.1 Å². The number of carbonyl (C=O) groups is 3. The lowest BCUT2D eigenvalue weighted by Gasteiger charge is -2.24. The number of benzene rings is 3. The molecule has 0 aliphatic heterocycles. The van der Waals surface area contributed by atoms with E-state index >= 15 is 0 Å². The summed E-state index contributed by atoms with van der Waals surface area (Å²) >= 11 is 0. The second-order valence-corrected chi connectivity index (χ2v) is 8.76. The number of carbonyl (C=O) groups excluding carboxylic acids is 3. The molecule has 0 atom stereocenters. The van der Waals surface area contributed by atoms with Gasteiger partial charge < -0.3 is 0 Å². The Hall–Kier alpha value is -3.74.